The second-order valence-corrected chi connectivity index (χ2v) is 7.88. The first-order valence-corrected chi connectivity index (χ1v) is 11.5. The van der Waals surface area contributed by atoms with Crippen LogP contribution < -0.4 is 16.0 Å². The number of carbonyl (C=O) groups excluding carboxylic acids is 4. The maximum absolute atomic E-state index is 12.4. The summed E-state index contributed by atoms with van der Waals surface area (Å²) in [6.45, 7) is 6.97. The van der Waals surface area contributed by atoms with Crippen molar-refractivity contribution in [3.8, 4) is 0 Å². The van der Waals surface area contributed by atoms with Crippen LogP contribution >= 0.6 is 0 Å². The van der Waals surface area contributed by atoms with Crippen molar-refractivity contribution in [1.82, 2.24) is 30.7 Å². The number of ketones is 1. The highest BCUT2D eigenvalue weighted by atomic mass is 16.3. The van der Waals surface area contributed by atoms with Crippen molar-refractivity contribution >= 4 is 47.0 Å². The van der Waals surface area contributed by atoms with E-state index in [1.165, 1.54) is 16.7 Å². The average molecular weight is 486 g/mol. The van der Waals surface area contributed by atoms with Gasteiger partial charge in [0.15, 0.2) is 0 Å². The number of amides is 3. The van der Waals surface area contributed by atoms with E-state index < -0.39 is 18.0 Å². The lowest BCUT2D eigenvalue weighted by atomic mass is 10.0. The molecule has 3 amide bonds. The average Bonchev–Trinajstić information content (AvgIpc) is 2.83. The Hall–Kier alpha value is -2.31. The first kappa shape index (κ1) is 32.7. The second-order valence-electron chi connectivity index (χ2n) is 7.88. The van der Waals surface area contributed by atoms with E-state index in [-0.39, 0.29) is 69.9 Å². The molecule has 0 aliphatic heterocycles. The van der Waals surface area contributed by atoms with Crippen molar-refractivity contribution < 1.29 is 24.3 Å². The minimum Gasteiger partial charge on any atom is -0.377 e. The van der Waals surface area contributed by atoms with Gasteiger partial charge in [0.1, 0.15) is 12.0 Å². The molecule has 0 fully saturated rings. The quantitative estimate of drug-likeness (QED) is 0.106. The molecule has 1 atom stereocenters. The van der Waals surface area contributed by atoms with Crippen LogP contribution in [0, 0.1) is 0 Å². The fourth-order valence-electron chi connectivity index (χ4n) is 3.06. The molecule has 0 aliphatic rings. The zero-order chi connectivity index (χ0) is 26.8. The van der Waals surface area contributed by atoms with E-state index >= 15 is 0 Å². The van der Waals surface area contributed by atoms with Crippen LogP contribution in [0.5, 0.6) is 0 Å². The third kappa shape index (κ3) is 14.6. The van der Waals surface area contributed by atoms with Crippen molar-refractivity contribution in [3.63, 3.8) is 0 Å². The number of nitrogens with one attached hydrogen (secondary N) is 3. The van der Waals surface area contributed by atoms with E-state index in [0.717, 1.165) is 0 Å². The summed E-state index contributed by atoms with van der Waals surface area (Å²) in [6.07, 6.45) is -1.31. The van der Waals surface area contributed by atoms with Crippen LogP contribution in [0.1, 0.15) is 6.92 Å². The van der Waals surface area contributed by atoms with Crippen LogP contribution in [0.2, 0.25) is 19.0 Å². The predicted octanol–water partition coefficient (Wildman–Crippen LogP) is -2.95. The van der Waals surface area contributed by atoms with Crippen LogP contribution in [-0.4, -0.2) is 139 Å². The Labute approximate surface area is 212 Å². The molecule has 0 aromatic carbocycles. The molecule has 0 aromatic rings. The van der Waals surface area contributed by atoms with Crippen molar-refractivity contribution in [2.45, 2.75) is 32.1 Å². The number of likely N-dealkylation sites (N-methyl/N-ethyl adjacent to an activating group) is 1. The molecule has 0 bridgehead atoms. The lowest BCUT2D eigenvalue weighted by molar-refractivity contribution is -0.134. The molecule has 0 spiro atoms. The molecule has 11 nitrogen and oxygen atoms in total. The summed E-state index contributed by atoms with van der Waals surface area (Å²) in [6, 6.07) is 0. The Bertz CT molecular complexity index is 700. The third-order valence-corrected chi connectivity index (χ3v) is 4.98. The van der Waals surface area contributed by atoms with Crippen molar-refractivity contribution in [2.24, 2.45) is 0 Å². The number of nitrogens with zero attached hydrogens (tertiary/aromatic N) is 3. The fourth-order valence-corrected chi connectivity index (χ4v) is 3.06. The van der Waals surface area contributed by atoms with E-state index in [4.69, 9.17) is 23.5 Å². The number of hydrogen-bond acceptors (Lipinski definition) is 8. The number of aliphatic hydroxyl groups is 1. The minimum atomic E-state index is -1.05. The topological polar surface area (TPSA) is 134 Å². The van der Waals surface area contributed by atoms with E-state index in [1.54, 1.807) is 11.9 Å². The summed E-state index contributed by atoms with van der Waals surface area (Å²) in [7, 11) is 18.2. The second kappa shape index (κ2) is 19.0. The van der Waals surface area contributed by atoms with E-state index in [9.17, 15) is 24.3 Å². The molecule has 0 aliphatic carbocycles. The Kier molecular flexibility index (Phi) is 17.7. The molecule has 0 saturated heterocycles. The van der Waals surface area contributed by atoms with Gasteiger partial charge in [-0.1, -0.05) is 12.9 Å². The number of Topliss-reactive ketones (excluding diaryl/α,β-unsaturated/α-hetero) is 1. The number of rotatable bonds is 20. The standard InChI is InChI=1S/C21H37B3N6O5/c1-16(10-22)28(13-17(2)31)8-5-26-19(33)15-30(21(35)12-24)9-6-27-18(32)14-29(7-4-25-3)20(34)11-23/h18,25,27,32H,1,4-15H2,2-3H3,(H,26,33). The van der Waals surface area contributed by atoms with E-state index in [2.05, 4.69) is 22.5 Å². The summed E-state index contributed by atoms with van der Waals surface area (Å²) >= 11 is 0. The highest BCUT2D eigenvalue weighted by molar-refractivity contribution is 6.20. The smallest absolute Gasteiger partial charge is 0.239 e. The zero-order valence-electron chi connectivity index (χ0n) is 20.9. The predicted molar refractivity (Wildman–Crippen MR) is 137 cm³/mol. The Morgan fingerprint density at radius 2 is 1.43 bits per heavy atom. The van der Waals surface area contributed by atoms with Gasteiger partial charge >= 0.3 is 0 Å². The molecule has 35 heavy (non-hydrogen) atoms. The molecule has 0 rings (SSSR count). The largest absolute Gasteiger partial charge is 0.377 e. The summed E-state index contributed by atoms with van der Waals surface area (Å²) in [5, 5.41) is 18.7. The van der Waals surface area contributed by atoms with Crippen LogP contribution in [0.15, 0.2) is 12.3 Å². The molecule has 6 radical (unpaired) electrons. The molecule has 1 unspecified atom stereocenters. The fraction of sp³-hybridized carbons (Fsp3) is 0.714. The summed E-state index contributed by atoms with van der Waals surface area (Å²) < 4.78 is 0. The van der Waals surface area contributed by atoms with Crippen molar-refractivity contribution in [3.05, 3.63) is 12.3 Å². The highest BCUT2D eigenvalue weighted by Crippen LogP contribution is 2.04. The third-order valence-electron chi connectivity index (χ3n) is 4.98. The summed E-state index contributed by atoms with van der Waals surface area (Å²) in [4.78, 5) is 52.2. The molecule has 0 aromatic heterocycles. The minimum absolute atomic E-state index is 0.0217. The maximum Gasteiger partial charge on any atom is 0.239 e. The van der Waals surface area contributed by atoms with Crippen molar-refractivity contribution in [2.75, 3.05) is 66.0 Å². The zero-order valence-corrected chi connectivity index (χ0v) is 20.9. The monoisotopic (exact) mass is 486 g/mol. The van der Waals surface area contributed by atoms with Gasteiger partial charge in [0.05, 0.1) is 43.2 Å². The number of allylic oxidation sites excluding steroid dienone is 1. The van der Waals surface area contributed by atoms with Gasteiger partial charge in [0.25, 0.3) is 0 Å². The van der Waals surface area contributed by atoms with Gasteiger partial charge in [-0.25, -0.2) is 0 Å². The summed E-state index contributed by atoms with van der Waals surface area (Å²) in [5.41, 5.74) is 0.580. The lowest BCUT2D eigenvalue weighted by Crippen LogP contribution is -2.49. The first-order valence-electron chi connectivity index (χ1n) is 11.5. The SMILES string of the molecule is [B]CC(=C)N(CCNC(=O)CN(CCNC(O)CN(CCNC)C(=O)C[B])C(=O)C[B])CC(C)=O. The van der Waals surface area contributed by atoms with Gasteiger partial charge in [0.2, 0.25) is 17.7 Å². The molecular formula is C21H37B3N6O5. The normalized spacial score (nSPS) is 11.4. The first-order chi connectivity index (χ1) is 16.6. The molecular weight excluding hydrogens is 449 g/mol. The van der Waals surface area contributed by atoms with Gasteiger partial charge in [-0.05, 0) is 32.3 Å². The van der Waals surface area contributed by atoms with E-state index in [0.29, 0.717) is 25.3 Å². The van der Waals surface area contributed by atoms with Gasteiger partial charge in [0, 0.05) is 39.3 Å². The van der Waals surface area contributed by atoms with Gasteiger partial charge in [-0.2, -0.15) is 0 Å². The van der Waals surface area contributed by atoms with Crippen LogP contribution in [0.25, 0.3) is 0 Å². The van der Waals surface area contributed by atoms with E-state index in [1.807, 2.05) is 0 Å². The molecule has 4 N–H and O–H groups in total. The molecule has 0 saturated carbocycles. The van der Waals surface area contributed by atoms with Crippen molar-refractivity contribution in [1.29, 1.82) is 0 Å². The summed E-state index contributed by atoms with van der Waals surface area (Å²) in [5.74, 6) is -1.19. The number of carbonyl (C=O) groups is 4. The van der Waals surface area contributed by atoms with Gasteiger partial charge in [-0.15, -0.1) is 0 Å². The van der Waals surface area contributed by atoms with Gasteiger partial charge in [-0.3, -0.25) is 24.5 Å². The molecule has 14 heteroatoms. The Balaban J connectivity index is 4.68. The van der Waals surface area contributed by atoms with Crippen LogP contribution in [0.3, 0.4) is 0 Å². The number of aliphatic hydroxyl groups excluding tert-OH is 1. The lowest BCUT2D eigenvalue weighted by Gasteiger charge is -2.27. The van der Waals surface area contributed by atoms with Gasteiger partial charge < -0.3 is 30.4 Å². The number of hydrogen-bond donors (Lipinski definition) is 4. The van der Waals surface area contributed by atoms with Crippen LogP contribution in [-0.2, 0) is 19.2 Å². The Morgan fingerprint density at radius 3 is 1.97 bits per heavy atom. The molecule has 0 heterocycles. The highest BCUT2D eigenvalue weighted by Gasteiger charge is 2.18. The Morgan fingerprint density at radius 1 is 0.857 bits per heavy atom. The molecule has 190 valence electrons. The maximum atomic E-state index is 12.4. The van der Waals surface area contributed by atoms with Crippen LogP contribution in [0.4, 0.5) is 0 Å².